The standard InChI is InChI=1S/C20H23N3O3/c1-14(2)13-26-20(25)23-11-17(12-23)22-19(24)18-9-8-16(10-21-18)15-6-4-3-5-7-15/h3-10,14,17H,11-13H2,1-2H3,(H,22,24). The number of benzene rings is 1. The number of nitrogens with zero attached hydrogens (tertiary/aromatic N) is 2. The van der Waals surface area contributed by atoms with Gasteiger partial charge in [-0.3, -0.25) is 9.78 Å². The van der Waals surface area contributed by atoms with Crippen molar-refractivity contribution in [3.05, 3.63) is 54.4 Å². The van der Waals surface area contributed by atoms with Crippen LogP contribution in [0.25, 0.3) is 11.1 Å². The van der Waals surface area contributed by atoms with Crippen LogP contribution in [0.5, 0.6) is 0 Å². The van der Waals surface area contributed by atoms with Crippen LogP contribution in [-0.2, 0) is 4.74 Å². The van der Waals surface area contributed by atoms with Gasteiger partial charge in [0.1, 0.15) is 5.69 Å². The van der Waals surface area contributed by atoms with E-state index in [0.717, 1.165) is 11.1 Å². The van der Waals surface area contributed by atoms with Crippen molar-refractivity contribution in [3.8, 4) is 11.1 Å². The fourth-order valence-corrected chi connectivity index (χ4v) is 2.64. The van der Waals surface area contributed by atoms with Crippen molar-refractivity contribution >= 4 is 12.0 Å². The Morgan fingerprint density at radius 1 is 1.15 bits per heavy atom. The van der Waals surface area contributed by atoms with Crippen molar-refractivity contribution in [1.82, 2.24) is 15.2 Å². The lowest BCUT2D eigenvalue weighted by Crippen LogP contribution is -2.61. The molecule has 0 saturated carbocycles. The van der Waals surface area contributed by atoms with Gasteiger partial charge in [-0.25, -0.2) is 4.79 Å². The SMILES string of the molecule is CC(C)COC(=O)N1CC(NC(=O)c2ccc(-c3ccccc3)cn2)C1. The summed E-state index contributed by atoms with van der Waals surface area (Å²) in [4.78, 5) is 29.9. The fraction of sp³-hybridized carbons (Fsp3) is 0.350. The highest BCUT2D eigenvalue weighted by Crippen LogP contribution is 2.18. The van der Waals surface area contributed by atoms with Crippen molar-refractivity contribution in [2.75, 3.05) is 19.7 Å². The molecule has 0 spiro atoms. The third-order valence-corrected chi connectivity index (χ3v) is 4.12. The highest BCUT2D eigenvalue weighted by Gasteiger charge is 2.33. The van der Waals surface area contributed by atoms with E-state index in [9.17, 15) is 9.59 Å². The minimum absolute atomic E-state index is 0.0651. The molecule has 2 amide bonds. The number of likely N-dealkylation sites (tertiary alicyclic amines) is 1. The normalized spacial score (nSPS) is 14.0. The van der Waals surface area contributed by atoms with Crippen molar-refractivity contribution in [1.29, 1.82) is 0 Å². The Bertz CT molecular complexity index is 754. The molecule has 1 aromatic carbocycles. The van der Waals surface area contributed by atoms with E-state index in [-0.39, 0.29) is 18.0 Å². The van der Waals surface area contributed by atoms with Gasteiger partial charge in [0.2, 0.25) is 0 Å². The minimum Gasteiger partial charge on any atom is -0.449 e. The summed E-state index contributed by atoms with van der Waals surface area (Å²) in [6.45, 7) is 5.31. The van der Waals surface area contributed by atoms with E-state index in [1.165, 1.54) is 0 Å². The lowest BCUT2D eigenvalue weighted by Gasteiger charge is -2.38. The van der Waals surface area contributed by atoms with Gasteiger partial charge in [-0.05, 0) is 17.5 Å². The summed E-state index contributed by atoms with van der Waals surface area (Å²) in [5.74, 6) is 0.0745. The predicted molar refractivity (Wildman–Crippen MR) is 98.7 cm³/mol. The fourth-order valence-electron chi connectivity index (χ4n) is 2.64. The van der Waals surface area contributed by atoms with Gasteiger partial charge in [0.25, 0.3) is 5.91 Å². The number of carbonyl (C=O) groups is 2. The molecule has 136 valence electrons. The van der Waals surface area contributed by atoms with Gasteiger partial charge in [-0.2, -0.15) is 0 Å². The Morgan fingerprint density at radius 2 is 1.88 bits per heavy atom. The number of ether oxygens (including phenoxy) is 1. The van der Waals surface area contributed by atoms with Crippen LogP contribution in [0, 0.1) is 5.92 Å². The summed E-state index contributed by atoms with van der Waals surface area (Å²) in [7, 11) is 0. The van der Waals surface area contributed by atoms with Crippen LogP contribution in [0.2, 0.25) is 0 Å². The summed E-state index contributed by atoms with van der Waals surface area (Å²) in [5.41, 5.74) is 2.39. The maximum Gasteiger partial charge on any atom is 0.409 e. The molecule has 2 heterocycles. The minimum atomic E-state index is -0.325. The summed E-state index contributed by atoms with van der Waals surface area (Å²) in [6.07, 6.45) is 1.37. The van der Waals surface area contributed by atoms with Crippen LogP contribution in [0.4, 0.5) is 4.79 Å². The van der Waals surface area contributed by atoms with Gasteiger partial charge in [0, 0.05) is 24.8 Å². The summed E-state index contributed by atoms with van der Waals surface area (Å²) >= 11 is 0. The zero-order valence-electron chi connectivity index (χ0n) is 15.0. The first-order valence-electron chi connectivity index (χ1n) is 8.77. The molecule has 1 aliphatic rings. The largest absolute Gasteiger partial charge is 0.449 e. The molecule has 26 heavy (non-hydrogen) atoms. The second-order valence-electron chi connectivity index (χ2n) is 6.84. The molecule has 1 aliphatic heterocycles. The Labute approximate surface area is 153 Å². The molecule has 0 atom stereocenters. The molecule has 1 N–H and O–H groups in total. The third-order valence-electron chi connectivity index (χ3n) is 4.12. The quantitative estimate of drug-likeness (QED) is 0.897. The topological polar surface area (TPSA) is 71.5 Å². The van der Waals surface area contributed by atoms with Crippen LogP contribution in [-0.4, -0.2) is 47.6 Å². The van der Waals surface area contributed by atoms with Gasteiger partial charge in [0.15, 0.2) is 0 Å². The summed E-state index contributed by atoms with van der Waals surface area (Å²) in [5, 5.41) is 2.89. The number of rotatable bonds is 5. The van der Waals surface area contributed by atoms with Gasteiger partial charge < -0.3 is 15.0 Å². The van der Waals surface area contributed by atoms with E-state index in [4.69, 9.17) is 4.74 Å². The van der Waals surface area contributed by atoms with E-state index >= 15 is 0 Å². The molecular formula is C20H23N3O3. The van der Waals surface area contributed by atoms with E-state index < -0.39 is 0 Å². The lowest BCUT2D eigenvalue weighted by molar-refractivity contribution is 0.0542. The molecule has 3 rings (SSSR count). The van der Waals surface area contributed by atoms with Gasteiger partial charge in [-0.15, -0.1) is 0 Å². The average Bonchev–Trinajstić information content (AvgIpc) is 2.63. The Morgan fingerprint density at radius 3 is 2.50 bits per heavy atom. The zero-order chi connectivity index (χ0) is 18.5. The smallest absolute Gasteiger partial charge is 0.409 e. The monoisotopic (exact) mass is 353 g/mol. The van der Waals surface area contributed by atoms with Gasteiger partial charge in [0.05, 0.1) is 12.6 Å². The molecule has 0 radical (unpaired) electrons. The van der Waals surface area contributed by atoms with Crippen molar-refractivity contribution in [2.45, 2.75) is 19.9 Å². The number of nitrogens with one attached hydrogen (secondary N) is 1. The molecule has 0 aliphatic carbocycles. The highest BCUT2D eigenvalue weighted by molar-refractivity contribution is 5.93. The molecule has 2 aromatic rings. The molecule has 1 saturated heterocycles. The number of aromatic nitrogens is 1. The Balaban J connectivity index is 1.48. The van der Waals surface area contributed by atoms with Crippen molar-refractivity contribution in [2.24, 2.45) is 5.92 Å². The van der Waals surface area contributed by atoms with E-state index in [2.05, 4.69) is 10.3 Å². The Kier molecular flexibility index (Phi) is 5.51. The molecule has 0 bridgehead atoms. The number of hydrogen-bond acceptors (Lipinski definition) is 4. The molecular weight excluding hydrogens is 330 g/mol. The van der Waals surface area contributed by atoms with E-state index in [0.29, 0.717) is 31.3 Å². The maximum absolute atomic E-state index is 12.3. The van der Waals surface area contributed by atoms with E-state index in [1.54, 1.807) is 17.2 Å². The summed E-state index contributed by atoms with van der Waals surface area (Å²) in [6, 6.07) is 13.4. The number of carbonyl (C=O) groups excluding carboxylic acids is 2. The zero-order valence-corrected chi connectivity index (χ0v) is 15.0. The van der Waals surface area contributed by atoms with Crippen LogP contribution in [0.3, 0.4) is 0 Å². The number of hydrogen-bond donors (Lipinski definition) is 1. The molecule has 6 nitrogen and oxygen atoms in total. The van der Waals surface area contributed by atoms with Crippen LogP contribution >= 0.6 is 0 Å². The second kappa shape index (κ2) is 7.99. The summed E-state index contributed by atoms with van der Waals surface area (Å²) < 4.78 is 5.16. The van der Waals surface area contributed by atoms with Gasteiger partial charge in [-0.1, -0.05) is 50.2 Å². The first-order valence-corrected chi connectivity index (χ1v) is 8.77. The van der Waals surface area contributed by atoms with Crippen LogP contribution < -0.4 is 5.32 Å². The van der Waals surface area contributed by atoms with Crippen molar-refractivity contribution in [3.63, 3.8) is 0 Å². The highest BCUT2D eigenvalue weighted by atomic mass is 16.6. The first kappa shape index (κ1) is 17.9. The van der Waals surface area contributed by atoms with Crippen molar-refractivity contribution < 1.29 is 14.3 Å². The number of pyridine rings is 1. The van der Waals surface area contributed by atoms with Crippen LogP contribution in [0.15, 0.2) is 48.7 Å². The van der Waals surface area contributed by atoms with Gasteiger partial charge >= 0.3 is 6.09 Å². The number of amides is 2. The van der Waals surface area contributed by atoms with E-state index in [1.807, 2.05) is 50.2 Å². The molecule has 1 aromatic heterocycles. The molecule has 0 unspecified atom stereocenters. The second-order valence-corrected chi connectivity index (χ2v) is 6.84. The predicted octanol–water partition coefficient (Wildman–Crippen LogP) is 2.96. The molecule has 6 heteroatoms. The molecule has 1 fully saturated rings. The third kappa shape index (κ3) is 4.39. The maximum atomic E-state index is 12.3. The Hall–Kier alpha value is -2.89. The van der Waals surface area contributed by atoms with Crippen LogP contribution in [0.1, 0.15) is 24.3 Å². The first-order chi connectivity index (χ1) is 12.5. The average molecular weight is 353 g/mol. The lowest BCUT2D eigenvalue weighted by atomic mass is 10.1.